The van der Waals surface area contributed by atoms with Crippen LogP contribution in [0.1, 0.15) is 26.3 Å². The fraction of sp³-hybridized carbons (Fsp3) is 0.588. The van der Waals surface area contributed by atoms with Crippen molar-refractivity contribution in [2.24, 2.45) is 5.92 Å². The molecule has 0 saturated heterocycles. The van der Waals surface area contributed by atoms with Crippen molar-refractivity contribution in [1.29, 1.82) is 0 Å². The van der Waals surface area contributed by atoms with Gasteiger partial charge in [0.1, 0.15) is 5.75 Å². The molecule has 0 saturated carbocycles. The highest BCUT2D eigenvalue weighted by molar-refractivity contribution is 5.85. The molecule has 0 spiro atoms. The molecule has 5 heteroatoms. The summed E-state index contributed by atoms with van der Waals surface area (Å²) in [7, 11) is 3.54. The number of rotatable bonds is 8. The van der Waals surface area contributed by atoms with Crippen molar-refractivity contribution >= 4 is 18.3 Å². The lowest BCUT2D eigenvalue weighted by Gasteiger charge is -2.30. The van der Waals surface area contributed by atoms with Gasteiger partial charge in [-0.15, -0.1) is 12.4 Å². The van der Waals surface area contributed by atoms with Crippen LogP contribution in [0.5, 0.6) is 5.75 Å². The number of methoxy groups -OCH3 is 1. The summed E-state index contributed by atoms with van der Waals surface area (Å²) in [5.74, 6) is 1.08. The summed E-state index contributed by atoms with van der Waals surface area (Å²) in [4.78, 5) is 14.4. The predicted molar refractivity (Wildman–Crippen MR) is 93.9 cm³/mol. The number of halogens is 1. The molecule has 1 N–H and O–H groups in total. The number of amides is 1. The molecule has 1 rings (SSSR count). The van der Waals surface area contributed by atoms with Gasteiger partial charge >= 0.3 is 0 Å². The summed E-state index contributed by atoms with van der Waals surface area (Å²) in [6, 6.07) is 8.23. The van der Waals surface area contributed by atoms with E-state index in [0.29, 0.717) is 6.54 Å². The van der Waals surface area contributed by atoms with Crippen LogP contribution in [0.3, 0.4) is 0 Å². The van der Waals surface area contributed by atoms with Gasteiger partial charge in [0.05, 0.1) is 7.11 Å². The molecule has 0 aromatic heterocycles. The Balaban J connectivity index is 0.00000441. The molecular formula is C17H29ClN2O2. The van der Waals surface area contributed by atoms with E-state index < -0.39 is 0 Å². The summed E-state index contributed by atoms with van der Waals surface area (Å²) in [5.41, 5.74) is 1.22. The van der Waals surface area contributed by atoms with Gasteiger partial charge in [0.15, 0.2) is 0 Å². The Bertz CT molecular complexity index is 437. The molecule has 0 bridgehead atoms. The molecule has 2 atom stereocenters. The summed E-state index contributed by atoms with van der Waals surface area (Å²) in [6.07, 6.45) is 0.857. The Hall–Kier alpha value is -1.26. The topological polar surface area (TPSA) is 41.6 Å². The molecule has 0 aliphatic carbocycles. The van der Waals surface area contributed by atoms with Crippen molar-refractivity contribution < 1.29 is 9.53 Å². The first kappa shape index (κ1) is 20.7. The molecule has 22 heavy (non-hydrogen) atoms. The highest BCUT2D eigenvalue weighted by Crippen LogP contribution is 2.15. The van der Waals surface area contributed by atoms with Gasteiger partial charge in [0, 0.05) is 25.0 Å². The SMILES string of the molecule is CCN(C(=O)C(C)CNC)C(C)Cc1ccc(OC)cc1.Cl. The summed E-state index contributed by atoms with van der Waals surface area (Å²) in [5, 5.41) is 3.07. The van der Waals surface area contributed by atoms with Crippen LogP contribution in [0.4, 0.5) is 0 Å². The molecule has 4 nitrogen and oxygen atoms in total. The maximum atomic E-state index is 12.5. The Kier molecular flexibility index (Phi) is 9.86. The maximum absolute atomic E-state index is 12.5. The average molecular weight is 329 g/mol. The molecule has 1 amide bonds. The average Bonchev–Trinajstić information content (AvgIpc) is 2.48. The van der Waals surface area contributed by atoms with Gasteiger partial charge in [0.25, 0.3) is 0 Å². The lowest BCUT2D eigenvalue weighted by atomic mass is 10.0. The van der Waals surface area contributed by atoms with Crippen molar-refractivity contribution in [1.82, 2.24) is 10.2 Å². The van der Waals surface area contributed by atoms with Crippen LogP contribution in [-0.2, 0) is 11.2 Å². The van der Waals surface area contributed by atoms with E-state index in [9.17, 15) is 4.79 Å². The first-order valence-corrected chi connectivity index (χ1v) is 7.61. The Labute approximate surface area is 140 Å². The van der Waals surface area contributed by atoms with Crippen molar-refractivity contribution in [2.45, 2.75) is 33.2 Å². The Morgan fingerprint density at radius 1 is 1.27 bits per heavy atom. The van der Waals surface area contributed by atoms with Gasteiger partial charge in [-0.05, 0) is 45.0 Å². The van der Waals surface area contributed by atoms with Gasteiger partial charge in [0.2, 0.25) is 5.91 Å². The van der Waals surface area contributed by atoms with Gasteiger partial charge in [-0.2, -0.15) is 0 Å². The molecule has 0 radical (unpaired) electrons. The largest absolute Gasteiger partial charge is 0.497 e. The summed E-state index contributed by atoms with van der Waals surface area (Å²) in [6.45, 7) is 7.57. The highest BCUT2D eigenvalue weighted by Gasteiger charge is 2.23. The zero-order valence-electron chi connectivity index (χ0n) is 14.3. The maximum Gasteiger partial charge on any atom is 0.226 e. The minimum Gasteiger partial charge on any atom is -0.497 e. The van der Waals surface area contributed by atoms with E-state index in [2.05, 4.69) is 24.4 Å². The summed E-state index contributed by atoms with van der Waals surface area (Å²) >= 11 is 0. The van der Waals surface area contributed by atoms with Crippen LogP contribution in [0.25, 0.3) is 0 Å². The molecule has 0 fully saturated rings. The lowest BCUT2D eigenvalue weighted by molar-refractivity contribution is -0.136. The number of nitrogens with one attached hydrogen (secondary N) is 1. The van der Waals surface area contributed by atoms with Crippen molar-refractivity contribution in [3.05, 3.63) is 29.8 Å². The van der Waals surface area contributed by atoms with E-state index >= 15 is 0 Å². The molecule has 1 aromatic carbocycles. The van der Waals surface area contributed by atoms with E-state index in [1.807, 2.05) is 37.9 Å². The minimum absolute atomic E-state index is 0. The van der Waals surface area contributed by atoms with Crippen molar-refractivity contribution in [3.63, 3.8) is 0 Å². The lowest BCUT2D eigenvalue weighted by Crippen LogP contribution is -2.44. The van der Waals surface area contributed by atoms with Crippen molar-refractivity contribution in [3.8, 4) is 5.75 Å². The first-order valence-electron chi connectivity index (χ1n) is 7.61. The van der Waals surface area contributed by atoms with Crippen LogP contribution >= 0.6 is 12.4 Å². The minimum atomic E-state index is 0. The van der Waals surface area contributed by atoms with Crippen LogP contribution in [0.15, 0.2) is 24.3 Å². The standard InChI is InChI=1S/C17H28N2O2.ClH/c1-6-19(17(20)13(2)12-18-4)14(3)11-15-7-9-16(21-5)10-8-15;/h7-10,13-14,18H,6,11-12H2,1-5H3;1H. The zero-order valence-corrected chi connectivity index (χ0v) is 15.1. The Morgan fingerprint density at radius 2 is 1.86 bits per heavy atom. The second-order valence-corrected chi connectivity index (χ2v) is 5.48. The molecule has 0 heterocycles. The predicted octanol–water partition coefficient (Wildman–Crippen LogP) is 2.75. The quantitative estimate of drug-likeness (QED) is 0.798. The fourth-order valence-corrected chi connectivity index (χ4v) is 2.57. The van der Waals surface area contributed by atoms with Crippen LogP contribution in [0.2, 0.25) is 0 Å². The number of benzene rings is 1. The normalized spacial score (nSPS) is 13.0. The number of nitrogens with zero attached hydrogens (tertiary/aromatic N) is 1. The second-order valence-electron chi connectivity index (χ2n) is 5.48. The number of hydrogen-bond acceptors (Lipinski definition) is 3. The third-order valence-corrected chi connectivity index (χ3v) is 3.78. The number of carbonyl (C=O) groups is 1. The fourth-order valence-electron chi connectivity index (χ4n) is 2.57. The third-order valence-electron chi connectivity index (χ3n) is 3.78. The Morgan fingerprint density at radius 3 is 2.32 bits per heavy atom. The highest BCUT2D eigenvalue weighted by atomic mass is 35.5. The first-order chi connectivity index (χ1) is 10.0. The van der Waals surface area contributed by atoms with Gasteiger partial charge in [-0.3, -0.25) is 4.79 Å². The molecule has 0 aliphatic heterocycles. The number of ether oxygens (including phenoxy) is 1. The van der Waals surface area contributed by atoms with Crippen LogP contribution in [0, 0.1) is 5.92 Å². The molecule has 126 valence electrons. The monoisotopic (exact) mass is 328 g/mol. The van der Waals surface area contributed by atoms with E-state index in [0.717, 1.165) is 18.7 Å². The number of likely N-dealkylation sites (N-methyl/N-ethyl adjacent to an activating group) is 1. The van der Waals surface area contributed by atoms with Gasteiger partial charge in [-0.1, -0.05) is 19.1 Å². The smallest absolute Gasteiger partial charge is 0.226 e. The van der Waals surface area contributed by atoms with Crippen molar-refractivity contribution in [2.75, 3.05) is 27.2 Å². The third kappa shape index (κ3) is 5.85. The van der Waals surface area contributed by atoms with Gasteiger partial charge < -0.3 is 15.0 Å². The molecular weight excluding hydrogens is 300 g/mol. The molecule has 1 aromatic rings. The van der Waals surface area contributed by atoms with Gasteiger partial charge in [-0.25, -0.2) is 0 Å². The van der Waals surface area contributed by atoms with E-state index in [1.165, 1.54) is 5.56 Å². The van der Waals surface area contributed by atoms with E-state index in [1.54, 1.807) is 7.11 Å². The zero-order chi connectivity index (χ0) is 15.8. The molecule has 0 aliphatic rings. The number of carbonyl (C=O) groups excluding carboxylic acids is 1. The van der Waals surface area contributed by atoms with Crippen LogP contribution < -0.4 is 10.1 Å². The van der Waals surface area contributed by atoms with E-state index in [-0.39, 0.29) is 30.3 Å². The number of hydrogen-bond donors (Lipinski definition) is 1. The second kappa shape index (κ2) is 10.5. The van der Waals surface area contributed by atoms with E-state index in [4.69, 9.17) is 4.74 Å². The van der Waals surface area contributed by atoms with Crippen LogP contribution in [-0.4, -0.2) is 44.1 Å². The summed E-state index contributed by atoms with van der Waals surface area (Å²) < 4.78 is 5.17. The molecule has 2 unspecified atom stereocenters.